The Hall–Kier alpha value is -2.75. The van der Waals surface area contributed by atoms with Crippen LogP contribution in [0.4, 0.5) is 18.0 Å². The molecule has 10 heteroatoms. The number of alkyl halides is 3. The van der Waals surface area contributed by atoms with Gasteiger partial charge >= 0.3 is 12.4 Å². The molecule has 0 aromatic heterocycles. The standard InChI is InChI=1S/C19H22F3N3O4/c1-11-14(12-6-4-7-13(10-12)29-19(20,21)22)23(2)16-15(11)24(3)18(28)25(17(16)27)8-5-9-26/h4,6-7,10,15-16,26H,5,8-9H2,1-3H3. The molecule has 7 nitrogen and oxygen atoms in total. The quantitative estimate of drug-likeness (QED) is 0.802. The van der Waals surface area contributed by atoms with Gasteiger partial charge in [-0.05, 0) is 31.1 Å². The van der Waals surface area contributed by atoms with Crippen molar-refractivity contribution in [2.75, 3.05) is 27.2 Å². The number of benzene rings is 1. The molecule has 3 amide bonds. The van der Waals surface area contributed by atoms with Crippen molar-refractivity contribution in [2.24, 2.45) is 0 Å². The highest BCUT2D eigenvalue weighted by molar-refractivity contribution is 6.03. The van der Waals surface area contributed by atoms with Crippen molar-refractivity contribution in [3.63, 3.8) is 0 Å². The van der Waals surface area contributed by atoms with Gasteiger partial charge in [0.15, 0.2) is 0 Å². The van der Waals surface area contributed by atoms with Gasteiger partial charge in [0.05, 0.1) is 6.04 Å². The molecule has 0 saturated carbocycles. The first-order chi connectivity index (χ1) is 13.6. The van der Waals surface area contributed by atoms with E-state index in [1.807, 2.05) is 0 Å². The topological polar surface area (TPSA) is 73.3 Å². The lowest BCUT2D eigenvalue weighted by Crippen LogP contribution is -2.64. The van der Waals surface area contributed by atoms with Crippen molar-refractivity contribution in [1.82, 2.24) is 14.7 Å². The van der Waals surface area contributed by atoms with E-state index in [-0.39, 0.29) is 25.3 Å². The number of fused-ring (bicyclic) bond motifs is 1. The third-order valence-electron chi connectivity index (χ3n) is 5.24. The number of aliphatic hydroxyl groups excluding tert-OH is 1. The summed E-state index contributed by atoms with van der Waals surface area (Å²) in [5.41, 5.74) is 1.73. The molecule has 1 fully saturated rings. The average Bonchev–Trinajstić information content (AvgIpc) is 2.89. The number of hydrogen-bond donors (Lipinski definition) is 1. The van der Waals surface area contributed by atoms with E-state index in [0.717, 1.165) is 4.90 Å². The summed E-state index contributed by atoms with van der Waals surface area (Å²) >= 11 is 0. The van der Waals surface area contributed by atoms with E-state index in [4.69, 9.17) is 5.11 Å². The summed E-state index contributed by atoms with van der Waals surface area (Å²) in [5.74, 6) is -0.759. The highest BCUT2D eigenvalue weighted by Gasteiger charge is 2.52. The van der Waals surface area contributed by atoms with Crippen molar-refractivity contribution >= 4 is 17.6 Å². The zero-order valence-electron chi connectivity index (χ0n) is 16.2. The van der Waals surface area contributed by atoms with Gasteiger partial charge in [0, 0.05) is 38.5 Å². The first-order valence-electron chi connectivity index (χ1n) is 9.05. The minimum atomic E-state index is -4.81. The Kier molecular flexibility index (Phi) is 5.48. The van der Waals surface area contributed by atoms with Crippen LogP contribution in [0.15, 0.2) is 29.8 Å². The Labute approximate surface area is 165 Å². The van der Waals surface area contributed by atoms with E-state index in [1.54, 1.807) is 32.0 Å². The maximum atomic E-state index is 13.0. The van der Waals surface area contributed by atoms with Gasteiger partial charge in [-0.25, -0.2) is 4.79 Å². The van der Waals surface area contributed by atoms with Crippen molar-refractivity contribution in [1.29, 1.82) is 0 Å². The summed E-state index contributed by atoms with van der Waals surface area (Å²) in [6.45, 7) is 1.70. The van der Waals surface area contributed by atoms with Crippen LogP contribution in [-0.2, 0) is 4.79 Å². The van der Waals surface area contributed by atoms with Crippen LogP contribution < -0.4 is 4.74 Å². The predicted octanol–water partition coefficient (Wildman–Crippen LogP) is 2.28. The number of urea groups is 1. The largest absolute Gasteiger partial charge is 0.573 e. The lowest BCUT2D eigenvalue weighted by atomic mass is 9.98. The van der Waals surface area contributed by atoms with E-state index in [2.05, 4.69) is 4.74 Å². The molecule has 2 heterocycles. The zero-order chi connectivity index (χ0) is 21.5. The van der Waals surface area contributed by atoms with E-state index >= 15 is 0 Å². The molecule has 158 valence electrons. The molecule has 2 unspecified atom stereocenters. The van der Waals surface area contributed by atoms with E-state index < -0.39 is 30.4 Å². The second-order valence-corrected chi connectivity index (χ2v) is 7.07. The van der Waals surface area contributed by atoms with E-state index in [1.165, 1.54) is 23.1 Å². The fraction of sp³-hybridized carbons (Fsp3) is 0.474. The summed E-state index contributed by atoms with van der Waals surface area (Å²) in [6, 6.07) is 3.84. The third kappa shape index (κ3) is 3.76. The fourth-order valence-corrected chi connectivity index (χ4v) is 4.08. The minimum Gasteiger partial charge on any atom is -0.406 e. The van der Waals surface area contributed by atoms with Crippen LogP contribution in [0.1, 0.15) is 18.9 Å². The number of carbonyl (C=O) groups excluding carboxylic acids is 2. The van der Waals surface area contributed by atoms with Crippen LogP contribution in [0.3, 0.4) is 0 Å². The monoisotopic (exact) mass is 413 g/mol. The van der Waals surface area contributed by atoms with Crippen LogP contribution >= 0.6 is 0 Å². The number of halogens is 3. The molecular formula is C19H22F3N3O4. The second kappa shape index (κ2) is 7.58. The van der Waals surface area contributed by atoms with Crippen LogP contribution in [0.2, 0.25) is 0 Å². The number of rotatable bonds is 5. The van der Waals surface area contributed by atoms with Crippen molar-refractivity contribution in [3.8, 4) is 5.75 Å². The molecule has 0 bridgehead atoms. The van der Waals surface area contributed by atoms with Crippen LogP contribution in [0.5, 0.6) is 5.75 Å². The molecule has 1 aromatic carbocycles. The number of imide groups is 1. The van der Waals surface area contributed by atoms with Crippen LogP contribution in [0.25, 0.3) is 5.70 Å². The first-order valence-corrected chi connectivity index (χ1v) is 9.05. The van der Waals surface area contributed by atoms with Gasteiger partial charge in [0.25, 0.3) is 5.91 Å². The Morgan fingerprint density at radius 1 is 1.14 bits per heavy atom. The predicted molar refractivity (Wildman–Crippen MR) is 97.6 cm³/mol. The maximum absolute atomic E-state index is 13.0. The smallest absolute Gasteiger partial charge is 0.406 e. The average molecular weight is 413 g/mol. The second-order valence-electron chi connectivity index (χ2n) is 7.07. The molecule has 1 N–H and O–H groups in total. The lowest BCUT2D eigenvalue weighted by molar-refractivity contribution is -0.274. The van der Waals surface area contributed by atoms with Crippen LogP contribution in [0, 0.1) is 0 Å². The Bertz CT molecular complexity index is 855. The molecular weight excluding hydrogens is 391 g/mol. The van der Waals surface area contributed by atoms with Gasteiger partial charge in [0.2, 0.25) is 0 Å². The molecule has 29 heavy (non-hydrogen) atoms. The molecule has 0 spiro atoms. The highest BCUT2D eigenvalue weighted by Crippen LogP contribution is 2.40. The van der Waals surface area contributed by atoms with Gasteiger partial charge < -0.3 is 19.6 Å². The number of hydrogen-bond acceptors (Lipinski definition) is 5. The molecule has 1 aromatic rings. The number of likely N-dealkylation sites (N-methyl/N-ethyl adjacent to an activating group) is 2. The summed E-state index contributed by atoms with van der Waals surface area (Å²) < 4.78 is 41.7. The Morgan fingerprint density at radius 3 is 2.45 bits per heavy atom. The molecule has 0 radical (unpaired) electrons. The Balaban J connectivity index is 1.97. The summed E-state index contributed by atoms with van der Waals surface area (Å²) in [6.07, 6.45) is -4.55. The van der Waals surface area contributed by atoms with E-state index in [9.17, 15) is 22.8 Å². The third-order valence-corrected chi connectivity index (χ3v) is 5.24. The van der Waals surface area contributed by atoms with Gasteiger partial charge in [-0.1, -0.05) is 12.1 Å². The highest BCUT2D eigenvalue weighted by atomic mass is 19.4. The SMILES string of the molecule is CC1=C(c2cccc(OC(F)(F)F)c2)N(C)C2C(=O)N(CCCO)C(=O)N(C)C12. The number of amides is 3. The molecule has 3 rings (SSSR count). The molecule has 2 aliphatic heterocycles. The van der Waals surface area contributed by atoms with Gasteiger partial charge in [0.1, 0.15) is 11.8 Å². The van der Waals surface area contributed by atoms with Gasteiger partial charge in [-0.15, -0.1) is 13.2 Å². The molecule has 2 atom stereocenters. The van der Waals surface area contributed by atoms with Gasteiger partial charge in [-0.3, -0.25) is 9.69 Å². The summed E-state index contributed by atoms with van der Waals surface area (Å²) in [5, 5.41) is 9.04. The lowest BCUT2D eigenvalue weighted by Gasteiger charge is -2.42. The maximum Gasteiger partial charge on any atom is 0.573 e. The normalized spacial score (nSPS) is 22.5. The molecule has 0 aliphatic carbocycles. The summed E-state index contributed by atoms with van der Waals surface area (Å²) in [4.78, 5) is 29.9. The number of nitrogens with zero attached hydrogens (tertiary/aromatic N) is 3. The number of carbonyl (C=O) groups is 2. The summed E-state index contributed by atoms with van der Waals surface area (Å²) in [7, 11) is 3.26. The Morgan fingerprint density at radius 2 is 1.83 bits per heavy atom. The molecule has 1 saturated heterocycles. The van der Waals surface area contributed by atoms with Gasteiger partial charge in [-0.2, -0.15) is 0 Å². The van der Waals surface area contributed by atoms with E-state index in [0.29, 0.717) is 16.8 Å². The minimum absolute atomic E-state index is 0.0961. The van der Waals surface area contributed by atoms with Crippen molar-refractivity contribution in [3.05, 3.63) is 35.4 Å². The number of ether oxygens (including phenoxy) is 1. The zero-order valence-corrected chi connectivity index (χ0v) is 16.2. The first kappa shape index (κ1) is 21.0. The number of aliphatic hydroxyl groups is 1. The molecule has 2 aliphatic rings. The van der Waals surface area contributed by atoms with Crippen LogP contribution in [-0.4, -0.2) is 77.4 Å². The fourth-order valence-electron chi connectivity index (χ4n) is 4.08. The van der Waals surface area contributed by atoms with Crippen molar-refractivity contribution in [2.45, 2.75) is 31.8 Å². The van der Waals surface area contributed by atoms with Crippen molar-refractivity contribution < 1.29 is 32.6 Å².